The van der Waals surface area contributed by atoms with Gasteiger partial charge in [-0.1, -0.05) is 12.1 Å². The van der Waals surface area contributed by atoms with Crippen LogP contribution in [0.15, 0.2) is 36.4 Å². The van der Waals surface area contributed by atoms with Gasteiger partial charge in [0.25, 0.3) is 5.91 Å². The van der Waals surface area contributed by atoms with Crippen LogP contribution in [0.2, 0.25) is 0 Å². The number of amides is 2. The largest absolute Gasteiger partial charge is 0.496 e. The molecule has 9 heteroatoms. The van der Waals surface area contributed by atoms with E-state index < -0.39 is 23.6 Å². The maximum atomic E-state index is 14.9. The van der Waals surface area contributed by atoms with Crippen LogP contribution in [0, 0.1) is 29.5 Å². The minimum Gasteiger partial charge on any atom is -0.496 e. The van der Waals surface area contributed by atoms with Gasteiger partial charge in [0, 0.05) is 17.8 Å². The summed E-state index contributed by atoms with van der Waals surface area (Å²) < 4.78 is 26.2. The lowest BCUT2D eigenvalue weighted by molar-refractivity contribution is -0.143. The number of hydrogen-bond donors (Lipinski definition) is 3. The highest BCUT2D eigenvalue weighted by atomic mass is 19.1. The highest BCUT2D eigenvalue weighted by Crippen LogP contribution is 2.49. The van der Waals surface area contributed by atoms with Crippen molar-refractivity contribution in [1.29, 1.82) is 0 Å². The first-order valence-electron chi connectivity index (χ1n) is 14.8. The molecule has 2 aromatic rings. The second kappa shape index (κ2) is 11.3. The van der Waals surface area contributed by atoms with Crippen LogP contribution < -0.4 is 20.1 Å². The average Bonchev–Trinajstić information content (AvgIpc) is 3.63. The summed E-state index contributed by atoms with van der Waals surface area (Å²) >= 11 is 0. The molecule has 2 bridgehead atoms. The number of anilines is 1. The molecule has 0 aromatic heterocycles. The maximum absolute atomic E-state index is 14.9. The third-order valence-corrected chi connectivity index (χ3v) is 9.54. The molecule has 4 atom stereocenters. The topological polar surface area (TPSA) is 114 Å². The molecule has 41 heavy (non-hydrogen) atoms. The lowest BCUT2D eigenvalue weighted by Gasteiger charge is -2.31. The quantitative estimate of drug-likeness (QED) is 0.370. The van der Waals surface area contributed by atoms with Gasteiger partial charge in [-0.2, -0.15) is 0 Å². The fraction of sp³-hybridized carbons (Fsp3) is 0.531. The molecule has 0 heterocycles. The molecule has 4 unspecified atom stereocenters. The second-order valence-corrected chi connectivity index (χ2v) is 12.2. The van der Waals surface area contributed by atoms with Crippen molar-refractivity contribution < 1.29 is 33.4 Å². The van der Waals surface area contributed by atoms with Crippen molar-refractivity contribution in [3.05, 3.63) is 53.3 Å². The van der Waals surface area contributed by atoms with Crippen LogP contribution in [0.5, 0.6) is 11.5 Å². The number of carbonyl (C=O) groups is 3. The van der Waals surface area contributed by atoms with E-state index in [1.165, 1.54) is 31.6 Å². The number of fused-ring (bicyclic) bond motifs is 2. The molecule has 6 rings (SSSR count). The van der Waals surface area contributed by atoms with Crippen LogP contribution in [0.1, 0.15) is 79.6 Å². The van der Waals surface area contributed by atoms with E-state index in [0.717, 1.165) is 31.0 Å². The first kappa shape index (κ1) is 27.5. The smallest absolute Gasteiger partial charge is 0.306 e. The number of benzene rings is 2. The third-order valence-electron chi connectivity index (χ3n) is 9.54. The normalized spacial score (nSPS) is 28.6. The van der Waals surface area contributed by atoms with Gasteiger partial charge < -0.3 is 25.2 Å². The Morgan fingerprint density at radius 2 is 1.68 bits per heavy atom. The van der Waals surface area contributed by atoms with E-state index in [1.54, 1.807) is 0 Å². The van der Waals surface area contributed by atoms with E-state index in [2.05, 4.69) is 22.8 Å². The van der Waals surface area contributed by atoms with Crippen LogP contribution in [0.25, 0.3) is 0 Å². The lowest BCUT2D eigenvalue weighted by atomic mass is 9.83. The molecular formula is C32H37FN2O6. The van der Waals surface area contributed by atoms with Gasteiger partial charge in [0.2, 0.25) is 5.91 Å². The highest BCUT2D eigenvalue weighted by molar-refractivity contribution is 5.99. The summed E-state index contributed by atoms with van der Waals surface area (Å²) in [5.74, 6) is -1.75. The van der Waals surface area contributed by atoms with Crippen molar-refractivity contribution in [3.8, 4) is 11.5 Å². The number of carbonyl (C=O) groups excluding carboxylic acids is 2. The molecule has 4 fully saturated rings. The Morgan fingerprint density at radius 1 is 0.927 bits per heavy atom. The Labute approximate surface area is 239 Å². The van der Waals surface area contributed by atoms with Gasteiger partial charge in [0.05, 0.1) is 30.6 Å². The minimum atomic E-state index is -0.822. The number of carboxylic acids is 1. The molecule has 4 aliphatic carbocycles. The Kier molecular flexibility index (Phi) is 7.62. The van der Waals surface area contributed by atoms with Crippen molar-refractivity contribution in [1.82, 2.24) is 5.32 Å². The molecule has 8 nitrogen and oxygen atoms in total. The van der Waals surface area contributed by atoms with E-state index in [-0.39, 0.29) is 52.9 Å². The molecule has 0 radical (unpaired) electrons. The number of halogens is 1. The van der Waals surface area contributed by atoms with Crippen LogP contribution >= 0.6 is 0 Å². The van der Waals surface area contributed by atoms with E-state index in [9.17, 15) is 23.9 Å². The molecular weight excluding hydrogens is 527 g/mol. The van der Waals surface area contributed by atoms with Crippen LogP contribution in [-0.4, -0.2) is 42.1 Å². The molecule has 0 spiro atoms. The first-order valence-corrected chi connectivity index (χ1v) is 14.8. The predicted octanol–water partition coefficient (Wildman–Crippen LogP) is 5.52. The lowest BCUT2D eigenvalue weighted by Crippen LogP contribution is -2.48. The second-order valence-electron chi connectivity index (χ2n) is 12.2. The fourth-order valence-corrected chi connectivity index (χ4v) is 7.20. The number of ether oxygens (including phenoxy) is 2. The average molecular weight is 565 g/mol. The van der Waals surface area contributed by atoms with Crippen molar-refractivity contribution in [2.75, 3.05) is 12.4 Å². The minimum absolute atomic E-state index is 0.0625. The van der Waals surface area contributed by atoms with Crippen molar-refractivity contribution in [3.63, 3.8) is 0 Å². The Bertz CT molecular complexity index is 1340. The number of carboxylic acid groups (broad SMARTS) is 1. The van der Waals surface area contributed by atoms with E-state index >= 15 is 0 Å². The zero-order valence-electron chi connectivity index (χ0n) is 23.2. The zero-order chi connectivity index (χ0) is 28.7. The third kappa shape index (κ3) is 5.76. The number of methoxy groups -OCH3 is 1. The van der Waals surface area contributed by atoms with Gasteiger partial charge in [-0.15, -0.1) is 0 Å². The fourth-order valence-electron chi connectivity index (χ4n) is 7.20. The van der Waals surface area contributed by atoms with Gasteiger partial charge in [-0.3, -0.25) is 14.4 Å². The summed E-state index contributed by atoms with van der Waals surface area (Å²) in [7, 11) is 1.38. The Balaban J connectivity index is 1.16. The van der Waals surface area contributed by atoms with Gasteiger partial charge in [0.15, 0.2) is 11.6 Å². The predicted molar refractivity (Wildman–Crippen MR) is 150 cm³/mol. The summed E-state index contributed by atoms with van der Waals surface area (Å²) in [6.45, 7) is 0. The Morgan fingerprint density at radius 3 is 2.39 bits per heavy atom. The van der Waals surface area contributed by atoms with Crippen molar-refractivity contribution in [2.24, 2.45) is 23.7 Å². The summed E-state index contributed by atoms with van der Waals surface area (Å²) in [5, 5.41) is 15.5. The standard InChI is InChI=1S/C32H37FN2O6/c1-40-26-16-25(33)27(41-23-11-9-18(10-12-23)32(38)39)15-24(26)30(36)35-29-21-8-7-20(13-21)28(29)31(37)34-22-4-2-3-19(14-22)17-5-6-17/h2-4,14-18,20-21,23,28-29H,5-13H2,1H3,(H,34,37)(H,35,36)(H,38,39). The van der Waals surface area contributed by atoms with Gasteiger partial charge in [-0.25, -0.2) is 4.39 Å². The molecule has 3 N–H and O–H groups in total. The summed E-state index contributed by atoms with van der Waals surface area (Å²) in [4.78, 5) is 38.4. The molecule has 0 saturated heterocycles. The SMILES string of the molecule is COc1cc(F)c(OC2CCC(C(=O)O)CC2)cc1C(=O)NC1C2CCC(C2)C1C(=O)Nc1cccc(C2CC2)c1. The summed E-state index contributed by atoms with van der Waals surface area (Å²) in [6, 6.07) is 10.2. The molecule has 4 aliphatic rings. The van der Waals surface area contributed by atoms with Crippen molar-refractivity contribution in [2.45, 2.75) is 75.9 Å². The molecule has 2 aromatic carbocycles. The van der Waals surface area contributed by atoms with Crippen molar-refractivity contribution >= 4 is 23.5 Å². The number of hydrogen-bond acceptors (Lipinski definition) is 5. The highest BCUT2D eigenvalue weighted by Gasteiger charge is 2.51. The van der Waals surface area contributed by atoms with E-state index in [4.69, 9.17) is 9.47 Å². The summed E-state index contributed by atoms with van der Waals surface area (Å²) in [6.07, 6.45) is 6.75. The van der Waals surface area contributed by atoms with Gasteiger partial charge >= 0.3 is 5.97 Å². The first-order chi connectivity index (χ1) is 19.8. The molecule has 4 saturated carbocycles. The Hall–Kier alpha value is -3.62. The molecule has 218 valence electrons. The number of aliphatic carboxylic acids is 1. The summed E-state index contributed by atoms with van der Waals surface area (Å²) in [5.41, 5.74) is 2.17. The number of rotatable bonds is 9. The van der Waals surface area contributed by atoms with Crippen LogP contribution in [-0.2, 0) is 9.59 Å². The van der Waals surface area contributed by atoms with Crippen LogP contribution in [0.3, 0.4) is 0 Å². The van der Waals surface area contributed by atoms with E-state index in [1.807, 2.05) is 12.1 Å². The molecule has 0 aliphatic heterocycles. The maximum Gasteiger partial charge on any atom is 0.306 e. The molecule has 2 amide bonds. The number of nitrogens with one attached hydrogen (secondary N) is 2. The van der Waals surface area contributed by atoms with E-state index in [0.29, 0.717) is 31.6 Å². The van der Waals surface area contributed by atoms with Crippen LogP contribution in [0.4, 0.5) is 10.1 Å². The zero-order valence-corrected chi connectivity index (χ0v) is 23.2. The van der Waals surface area contributed by atoms with Gasteiger partial charge in [0.1, 0.15) is 5.75 Å². The monoisotopic (exact) mass is 564 g/mol. The van der Waals surface area contributed by atoms with Gasteiger partial charge in [-0.05, 0) is 99.3 Å².